The molecule has 160 valence electrons. The molecule has 0 aromatic carbocycles. The number of rotatable bonds is 8. The van der Waals surface area contributed by atoms with Gasteiger partial charge in [-0.15, -0.1) is 24.0 Å². The van der Waals surface area contributed by atoms with Crippen LogP contribution in [0, 0.1) is 0 Å². The summed E-state index contributed by atoms with van der Waals surface area (Å²) in [5, 5.41) is 6.56. The minimum atomic E-state index is -3.13. The fraction of sp³-hybridized carbons (Fsp3) is 0.875. The molecule has 0 atom stereocenters. The lowest BCUT2D eigenvalue weighted by Gasteiger charge is -2.32. The van der Waals surface area contributed by atoms with Gasteiger partial charge >= 0.3 is 6.09 Å². The molecule has 0 radical (unpaired) electrons. The van der Waals surface area contributed by atoms with Crippen molar-refractivity contribution in [2.45, 2.75) is 39.2 Å². The first-order chi connectivity index (χ1) is 12.3. The van der Waals surface area contributed by atoms with Crippen molar-refractivity contribution < 1.29 is 17.9 Å². The summed E-state index contributed by atoms with van der Waals surface area (Å²) in [5.74, 6) is 0.811. The maximum absolute atomic E-state index is 11.7. The molecule has 1 aliphatic heterocycles. The van der Waals surface area contributed by atoms with Crippen LogP contribution in [0.1, 0.15) is 33.1 Å². The van der Waals surface area contributed by atoms with E-state index in [-0.39, 0.29) is 41.9 Å². The van der Waals surface area contributed by atoms with Gasteiger partial charge in [0.25, 0.3) is 0 Å². The highest BCUT2D eigenvalue weighted by atomic mass is 127. The monoisotopic (exact) mass is 519 g/mol. The number of amides is 1. The highest BCUT2D eigenvalue weighted by molar-refractivity contribution is 14.0. The lowest BCUT2D eigenvalue weighted by atomic mass is 10.1. The van der Waals surface area contributed by atoms with Crippen LogP contribution >= 0.6 is 24.0 Å². The van der Waals surface area contributed by atoms with Gasteiger partial charge in [-0.3, -0.25) is 4.99 Å². The van der Waals surface area contributed by atoms with Gasteiger partial charge in [-0.1, -0.05) is 0 Å². The molecule has 27 heavy (non-hydrogen) atoms. The Morgan fingerprint density at radius 1 is 1.30 bits per heavy atom. The Kier molecular flexibility index (Phi) is 13.0. The van der Waals surface area contributed by atoms with Crippen LogP contribution in [0.15, 0.2) is 4.99 Å². The lowest BCUT2D eigenvalue weighted by Crippen LogP contribution is -2.50. The van der Waals surface area contributed by atoms with Crippen LogP contribution in [0.25, 0.3) is 0 Å². The number of hydrogen-bond acceptors (Lipinski definition) is 5. The Bertz CT molecular complexity index is 565. The molecule has 1 saturated heterocycles. The second-order valence-corrected chi connectivity index (χ2v) is 8.54. The van der Waals surface area contributed by atoms with Gasteiger partial charge in [0.15, 0.2) is 5.96 Å². The number of guanidine groups is 1. The van der Waals surface area contributed by atoms with Crippen LogP contribution in [0.2, 0.25) is 0 Å². The van der Waals surface area contributed by atoms with Crippen molar-refractivity contribution in [3.63, 3.8) is 0 Å². The maximum atomic E-state index is 11.7. The molecule has 0 aromatic rings. The molecule has 0 unspecified atom stereocenters. The van der Waals surface area contributed by atoms with Gasteiger partial charge in [0.1, 0.15) is 0 Å². The van der Waals surface area contributed by atoms with Gasteiger partial charge in [0.05, 0.1) is 12.4 Å². The summed E-state index contributed by atoms with van der Waals surface area (Å²) in [4.78, 5) is 17.6. The third-order valence-corrected chi connectivity index (χ3v) is 6.23. The predicted octanol–water partition coefficient (Wildman–Crippen LogP) is 1.06. The summed E-state index contributed by atoms with van der Waals surface area (Å²) in [6, 6.07) is 0.245. The summed E-state index contributed by atoms with van der Waals surface area (Å²) >= 11 is 0. The lowest BCUT2D eigenvalue weighted by molar-refractivity contribution is 0.0963. The van der Waals surface area contributed by atoms with Gasteiger partial charge in [-0.25, -0.2) is 17.5 Å². The Morgan fingerprint density at radius 3 is 2.44 bits per heavy atom. The fourth-order valence-corrected chi connectivity index (χ4v) is 3.53. The van der Waals surface area contributed by atoms with Crippen molar-refractivity contribution in [2.75, 3.05) is 52.6 Å². The number of sulfonamides is 1. The molecule has 1 fully saturated rings. The fourth-order valence-electron chi connectivity index (χ4n) is 2.68. The van der Waals surface area contributed by atoms with Gasteiger partial charge in [0.2, 0.25) is 10.0 Å². The predicted molar refractivity (Wildman–Crippen MR) is 118 cm³/mol. The molecule has 0 saturated carbocycles. The Balaban J connectivity index is 0.00000676. The zero-order valence-corrected chi connectivity index (χ0v) is 19.9. The quantitative estimate of drug-likeness (QED) is 0.215. The van der Waals surface area contributed by atoms with Gasteiger partial charge < -0.3 is 20.3 Å². The molecule has 1 heterocycles. The summed E-state index contributed by atoms with van der Waals surface area (Å²) in [6.45, 7) is 6.26. The summed E-state index contributed by atoms with van der Waals surface area (Å²) in [7, 11) is 0.179. The number of nitrogens with one attached hydrogen (secondary N) is 2. The first-order valence-corrected chi connectivity index (χ1v) is 10.8. The topological polar surface area (TPSA) is 103 Å². The van der Waals surface area contributed by atoms with E-state index in [4.69, 9.17) is 4.74 Å². The van der Waals surface area contributed by atoms with Crippen LogP contribution < -0.4 is 10.6 Å². The van der Waals surface area contributed by atoms with Crippen LogP contribution in [-0.4, -0.2) is 88.4 Å². The SMILES string of the molecule is CCOC(=O)N1CCC(NC(=NC)NCCCN(C)S(=O)(=O)CC)CC1.I. The number of halogens is 1. The van der Waals surface area contributed by atoms with Crippen molar-refractivity contribution in [3.05, 3.63) is 0 Å². The van der Waals surface area contributed by atoms with Crippen molar-refractivity contribution in [1.82, 2.24) is 19.8 Å². The zero-order valence-electron chi connectivity index (χ0n) is 16.7. The number of piperidine rings is 1. The van der Waals surface area contributed by atoms with Crippen LogP contribution in [-0.2, 0) is 14.8 Å². The summed E-state index contributed by atoms with van der Waals surface area (Å²) in [6.07, 6.45) is 2.10. The Hall–Kier alpha value is -0.820. The smallest absolute Gasteiger partial charge is 0.409 e. The maximum Gasteiger partial charge on any atom is 0.409 e. The standard InChI is InChI=1S/C16H33N5O4S.HI/c1-5-25-16(22)21-12-8-14(9-13-21)19-15(17-3)18-10-7-11-20(4)26(23,24)6-2;/h14H,5-13H2,1-4H3,(H2,17,18,19);1H. The summed E-state index contributed by atoms with van der Waals surface area (Å²) < 4.78 is 29.8. The van der Waals surface area contributed by atoms with Crippen LogP contribution in [0.4, 0.5) is 4.79 Å². The van der Waals surface area contributed by atoms with E-state index in [1.54, 1.807) is 32.8 Å². The van der Waals surface area contributed by atoms with E-state index in [2.05, 4.69) is 15.6 Å². The molecule has 9 nitrogen and oxygen atoms in total. The van der Waals surface area contributed by atoms with Crippen molar-refractivity contribution in [1.29, 1.82) is 0 Å². The molecule has 1 amide bonds. The van der Waals surface area contributed by atoms with Gasteiger partial charge in [0, 0.05) is 46.3 Å². The second-order valence-electron chi connectivity index (χ2n) is 6.18. The van der Waals surface area contributed by atoms with Crippen molar-refractivity contribution in [2.24, 2.45) is 4.99 Å². The first kappa shape index (κ1) is 26.2. The molecule has 0 aliphatic carbocycles. The van der Waals surface area contributed by atoms with Gasteiger partial charge in [-0.2, -0.15) is 0 Å². The zero-order chi connectivity index (χ0) is 19.6. The minimum Gasteiger partial charge on any atom is -0.450 e. The molecule has 1 aliphatic rings. The first-order valence-electron chi connectivity index (χ1n) is 9.16. The van der Waals surface area contributed by atoms with E-state index in [1.165, 1.54) is 4.31 Å². The number of hydrogen-bond donors (Lipinski definition) is 2. The molecule has 0 spiro atoms. The number of nitrogens with zero attached hydrogens (tertiary/aromatic N) is 3. The second kappa shape index (κ2) is 13.4. The van der Waals surface area contributed by atoms with E-state index in [0.29, 0.717) is 45.2 Å². The third-order valence-electron chi connectivity index (χ3n) is 4.37. The minimum absolute atomic E-state index is 0. The normalized spacial score (nSPS) is 16.0. The highest BCUT2D eigenvalue weighted by Gasteiger charge is 2.24. The third kappa shape index (κ3) is 9.28. The number of likely N-dealkylation sites (tertiary alicyclic amines) is 1. The molecule has 11 heteroatoms. The van der Waals surface area contributed by atoms with E-state index in [0.717, 1.165) is 12.8 Å². The number of aliphatic imine (C=N–C) groups is 1. The number of carbonyl (C=O) groups is 1. The Labute approximate surface area is 180 Å². The van der Waals surface area contributed by atoms with Gasteiger partial charge in [-0.05, 0) is 33.1 Å². The molecule has 0 bridgehead atoms. The molecular weight excluding hydrogens is 485 g/mol. The van der Waals surface area contributed by atoms with E-state index < -0.39 is 10.0 Å². The Morgan fingerprint density at radius 2 is 1.93 bits per heavy atom. The van der Waals surface area contributed by atoms with Crippen molar-refractivity contribution >= 4 is 46.1 Å². The van der Waals surface area contributed by atoms with E-state index >= 15 is 0 Å². The van der Waals surface area contributed by atoms with Crippen LogP contribution in [0.3, 0.4) is 0 Å². The molecule has 2 N–H and O–H groups in total. The van der Waals surface area contributed by atoms with Crippen LogP contribution in [0.5, 0.6) is 0 Å². The van der Waals surface area contributed by atoms with Crippen molar-refractivity contribution in [3.8, 4) is 0 Å². The molecule has 0 aromatic heterocycles. The average molecular weight is 519 g/mol. The number of ether oxygens (including phenoxy) is 1. The van der Waals surface area contributed by atoms with E-state index in [9.17, 15) is 13.2 Å². The highest BCUT2D eigenvalue weighted by Crippen LogP contribution is 2.11. The number of carbonyl (C=O) groups excluding carboxylic acids is 1. The largest absolute Gasteiger partial charge is 0.450 e. The molecule has 1 rings (SSSR count). The summed E-state index contributed by atoms with van der Waals surface area (Å²) in [5.41, 5.74) is 0. The average Bonchev–Trinajstić information content (AvgIpc) is 2.64. The molecular formula is C16H34IN5O4S. The van der Waals surface area contributed by atoms with E-state index in [1.807, 2.05) is 0 Å².